The highest BCUT2D eigenvalue weighted by Crippen LogP contribution is 2.53. The predicted octanol–water partition coefficient (Wildman–Crippen LogP) is 13.4. The molecule has 5 aromatic rings. The first kappa shape index (κ1) is 35.7. The summed E-state index contributed by atoms with van der Waals surface area (Å²) in [6, 6.07) is 43.2. The van der Waals surface area contributed by atoms with Crippen molar-refractivity contribution < 1.29 is 0 Å². The monoisotopic (exact) mass is 662 g/mol. The van der Waals surface area contributed by atoms with Crippen LogP contribution in [0.2, 0.25) is 0 Å². The summed E-state index contributed by atoms with van der Waals surface area (Å²) in [7, 11) is 0. The van der Waals surface area contributed by atoms with Gasteiger partial charge in [0.1, 0.15) is 0 Å². The lowest BCUT2D eigenvalue weighted by Gasteiger charge is -2.30. The van der Waals surface area contributed by atoms with Gasteiger partial charge in [-0.3, -0.25) is 0 Å². The van der Waals surface area contributed by atoms with Crippen molar-refractivity contribution in [1.82, 2.24) is 0 Å². The number of hydrogen-bond donors (Lipinski definition) is 1. The molecule has 6 rings (SSSR count). The van der Waals surface area contributed by atoms with Gasteiger partial charge in [-0.25, -0.2) is 0 Å². The molecule has 5 aromatic carbocycles. The highest BCUT2D eigenvalue weighted by molar-refractivity contribution is 5.85. The van der Waals surface area contributed by atoms with E-state index >= 15 is 0 Å². The van der Waals surface area contributed by atoms with E-state index in [9.17, 15) is 0 Å². The molecule has 0 saturated carbocycles. The lowest BCUT2D eigenvalue weighted by Crippen LogP contribution is -2.28. The number of benzene rings is 5. The molecule has 1 aliphatic carbocycles. The van der Waals surface area contributed by atoms with Gasteiger partial charge < -0.3 is 10.6 Å². The minimum Gasteiger partial charge on any atom is -0.330 e. The Morgan fingerprint density at radius 3 is 1.70 bits per heavy atom. The summed E-state index contributed by atoms with van der Waals surface area (Å²) < 4.78 is 0. The third-order valence-electron chi connectivity index (χ3n) is 11.3. The largest absolute Gasteiger partial charge is 0.330 e. The molecule has 0 amide bonds. The lowest BCUT2D eigenvalue weighted by atomic mass is 9.74. The topological polar surface area (TPSA) is 29.3 Å². The molecule has 0 saturated heterocycles. The zero-order valence-electron chi connectivity index (χ0n) is 31.7. The van der Waals surface area contributed by atoms with Crippen molar-refractivity contribution in [1.29, 1.82) is 0 Å². The molecule has 1 aliphatic rings. The van der Waals surface area contributed by atoms with E-state index in [4.69, 9.17) is 5.73 Å². The van der Waals surface area contributed by atoms with Crippen LogP contribution in [0.3, 0.4) is 0 Å². The second kappa shape index (κ2) is 14.6. The van der Waals surface area contributed by atoms with Gasteiger partial charge in [-0.1, -0.05) is 160 Å². The molecule has 2 N–H and O–H groups in total. The van der Waals surface area contributed by atoms with Crippen LogP contribution in [-0.2, 0) is 16.2 Å². The van der Waals surface area contributed by atoms with E-state index in [-0.39, 0.29) is 16.2 Å². The van der Waals surface area contributed by atoms with Crippen molar-refractivity contribution in [3.05, 3.63) is 138 Å². The Bertz CT molecular complexity index is 1880. The van der Waals surface area contributed by atoms with E-state index in [2.05, 4.69) is 169 Å². The van der Waals surface area contributed by atoms with E-state index in [1.807, 2.05) is 0 Å². The Morgan fingerprint density at radius 2 is 1.08 bits per heavy atom. The van der Waals surface area contributed by atoms with Gasteiger partial charge in [0.25, 0.3) is 0 Å². The molecule has 0 aliphatic heterocycles. The summed E-state index contributed by atoms with van der Waals surface area (Å²) in [5.41, 5.74) is 20.6. The summed E-state index contributed by atoms with van der Waals surface area (Å²) in [6.45, 7) is 16.8. The van der Waals surface area contributed by atoms with Crippen LogP contribution in [0, 0.1) is 0 Å². The van der Waals surface area contributed by atoms with Gasteiger partial charge in [0.2, 0.25) is 0 Å². The summed E-state index contributed by atoms with van der Waals surface area (Å²) in [5, 5.41) is 0. The van der Waals surface area contributed by atoms with E-state index in [1.165, 1.54) is 89.5 Å². The number of nitrogens with two attached hydrogens (primary N) is 1. The minimum atomic E-state index is -0.0609. The van der Waals surface area contributed by atoms with Crippen molar-refractivity contribution in [3.63, 3.8) is 0 Å². The van der Waals surface area contributed by atoms with Gasteiger partial charge in [-0.15, -0.1) is 0 Å². The highest BCUT2D eigenvalue weighted by Gasteiger charge is 2.39. The van der Waals surface area contributed by atoms with Crippen LogP contribution in [0.15, 0.2) is 115 Å². The maximum Gasteiger partial charge on any atom is 0.0462 e. The molecule has 1 unspecified atom stereocenters. The summed E-state index contributed by atoms with van der Waals surface area (Å²) in [5.74, 6) is 0. The van der Waals surface area contributed by atoms with Gasteiger partial charge in [0.15, 0.2) is 0 Å². The SMILES string of the molecule is CCCCCCCCC1(C)c2cc(-c3ccc(N(c4ccccc4)c4ccc(C(C)(C)CN)cc4)cc3)ccc2-c2ccc(C(C)(C)C)cc21. The Hall–Kier alpha value is -4.14. The third-order valence-corrected chi connectivity index (χ3v) is 11.3. The number of nitrogens with zero attached hydrogens (tertiary/aromatic N) is 1. The average molecular weight is 663 g/mol. The maximum absolute atomic E-state index is 6.10. The number of unbranched alkanes of at least 4 members (excludes halogenated alkanes) is 5. The van der Waals surface area contributed by atoms with Crippen LogP contribution in [-0.4, -0.2) is 6.54 Å². The molecule has 0 radical (unpaired) electrons. The molecule has 2 heteroatoms. The first-order valence-corrected chi connectivity index (χ1v) is 19.0. The standard InChI is InChI=1S/C48H58N2/c1-8-9-10-11-12-16-31-48(7)44-32-36(21-29-42(44)43-30-24-38(33-45(43)48)46(2,3)4)35-19-25-40(26-20-35)50(39-17-14-13-15-18-39)41-27-22-37(23-28-41)47(5,6)34-49/h13-15,17-30,32-33H,8-12,16,31,34,49H2,1-7H3. The third kappa shape index (κ3) is 7.19. The van der Waals surface area contributed by atoms with Crippen molar-refractivity contribution in [2.24, 2.45) is 5.73 Å². The molecular formula is C48H58N2. The van der Waals surface area contributed by atoms with Crippen LogP contribution < -0.4 is 10.6 Å². The molecule has 1 atom stereocenters. The van der Waals surface area contributed by atoms with Crippen LogP contribution >= 0.6 is 0 Å². The van der Waals surface area contributed by atoms with E-state index < -0.39 is 0 Å². The summed E-state index contributed by atoms with van der Waals surface area (Å²) >= 11 is 0. The average Bonchev–Trinajstić information content (AvgIpc) is 3.37. The van der Waals surface area contributed by atoms with Crippen molar-refractivity contribution >= 4 is 17.1 Å². The Balaban J connectivity index is 1.34. The molecule has 0 aromatic heterocycles. The minimum absolute atomic E-state index is 0.00136. The fraction of sp³-hybridized carbons (Fsp3) is 0.375. The highest BCUT2D eigenvalue weighted by atomic mass is 15.1. The smallest absolute Gasteiger partial charge is 0.0462 e. The number of para-hydroxylation sites is 1. The second-order valence-electron chi connectivity index (χ2n) is 16.5. The van der Waals surface area contributed by atoms with Crippen LogP contribution in [0.4, 0.5) is 17.1 Å². The molecule has 50 heavy (non-hydrogen) atoms. The lowest BCUT2D eigenvalue weighted by molar-refractivity contribution is 0.479. The Labute approximate surface area is 302 Å². The molecular weight excluding hydrogens is 605 g/mol. The molecule has 0 fully saturated rings. The normalized spacial score (nSPS) is 15.5. The summed E-state index contributed by atoms with van der Waals surface area (Å²) in [6.07, 6.45) is 9.10. The van der Waals surface area contributed by atoms with Crippen molar-refractivity contribution in [3.8, 4) is 22.3 Å². The van der Waals surface area contributed by atoms with Gasteiger partial charge in [-0.2, -0.15) is 0 Å². The zero-order valence-corrected chi connectivity index (χ0v) is 31.7. The first-order chi connectivity index (χ1) is 24.0. The number of rotatable bonds is 13. The predicted molar refractivity (Wildman–Crippen MR) is 217 cm³/mol. The number of fused-ring (bicyclic) bond motifs is 3. The first-order valence-electron chi connectivity index (χ1n) is 19.0. The van der Waals surface area contributed by atoms with Crippen LogP contribution in [0.5, 0.6) is 0 Å². The fourth-order valence-electron chi connectivity index (χ4n) is 7.80. The van der Waals surface area contributed by atoms with Crippen molar-refractivity contribution in [2.45, 2.75) is 110 Å². The fourth-order valence-corrected chi connectivity index (χ4v) is 7.80. The summed E-state index contributed by atoms with van der Waals surface area (Å²) in [4.78, 5) is 2.34. The van der Waals surface area contributed by atoms with Gasteiger partial charge >= 0.3 is 0 Å². The molecule has 2 nitrogen and oxygen atoms in total. The second-order valence-corrected chi connectivity index (χ2v) is 16.5. The number of hydrogen-bond acceptors (Lipinski definition) is 2. The zero-order chi connectivity index (χ0) is 35.5. The Kier molecular flexibility index (Phi) is 10.4. The van der Waals surface area contributed by atoms with Gasteiger partial charge in [0.05, 0.1) is 0 Å². The van der Waals surface area contributed by atoms with Gasteiger partial charge in [0, 0.05) is 34.4 Å². The quantitative estimate of drug-likeness (QED) is 0.127. The van der Waals surface area contributed by atoms with E-state index in [0.29, 0.717) is 6.54 Å². The molecule has 260 valence electrons. The molecule has 0 spiro atoms. The van der Waals surface area contributed by atoms with Crippen LogP contribution in [0.25, 0.3) is 22.3 Å². The molecule has 0 heterocycles. The molecule has 0 bridgehead atoms. The Morgan fingerprint density at radius 1 is 0.560 bits per heavy atom. The van der Waals surface area contributed by atoms with Crippen LogP contribution in [0.1, 0.15) is 116 Å². The number of anilines is 3. The van der Waals surface area contributed by atoms with E-state index in [0.717, 1.165) is 17.1 Å². The van der Waals surface area contributed by atoms with Crippen molar-refractivity contribution in [2.75, 3.05) is 11.4 Å². The van der Waals surface area contributed by atoms with E-state index in [1.54, 1.807) is 0 Å². The maximum atomic E-state index is 6.10. The van der Waals surface area contributed by atoms with Gasteiger partial charge in [-0.05, 0) is 98.8 Å².